The number of benzene rings is 1. The Bertz CT molecular complexity index is 483. The van der Waals surface area contributed by atoms with Gasteiger partial charge in [0.1, 0.15) is 0 Å². The molecule has 0 bridgehead atoms. The summed E-state index contributed by atoms with van der Waals surface area (Å²) in [6.07, 6.45) is -0.696. The molecule has 1 atom stereocenters. The van der Waals surface area contributed by atoms with E-state index in [0.717, 1.165) is 15.0 Å². The van der Waals surface area contributed by atoms with Gasteiger partial charge in [0.25, 0.3) is 0 Å². The SMILES string of the molecule is [N-]=[N+]=NC[C@H](O)c1cc2ccccc2s1. The second-order valence-corrected chi connectivity index (χ2v) is 4.23. The standard InChI is InChI=1S/C10H9N3OS/c11-13-12-6-8(14)10-5-7-3-1-2-4-9(7)15-10/h1-5,8,14H,6H2/t8-/m0/s1. The van der Waals surface area contributed by atoms with Gasteiger partial charge < -0.3 is 5.11 Å². The molecule has 15 heavy (non-hydrogen) atoms. The Hall–Kier alpha value is -1.55. The van der Waals surface area contributed by atoms with Gasteiger partial charge in [-0.05, 0) is 23.1 Å². The maximum absolute atomic E-state index is 9.70. The summed E-state index contributed by atoms with van der Waals surface area (Å²) in [5.41, 5.74) is 8.15. The van der Waals surface area contributed by atoms with Crippen molar-refractivity contribution in [2.75, 3.05) is 6.54 Å². The van der Waals surface area contributed by atoms with Crippen molar-refractivity contribution in [1.82, 2.24) is 0 Å². The topological polar surface area (TPSA) is 69.0 Å². The number of aliphatic hydroxyl groups is 1. The molecule has 5 heteroatoms. The summed E-state index contributed by atoms with van der Waals surface area (Å²) in [4.78, 5) is 3.46. The Kier molecular flexibility index (Phi) is 2.87. The molecule has 1 heterocycles. The van der Waals surface area contributed by atoms with Crippen LogP contribution in [0.15, 0.2) is 35.4 Å². The molecule has 0 aliphatic carbocycles. The van der Waals surface area contributed by atoms with E-state index in [2.05, 4.69) is 10.0 Å². The highest BCUT2D eigenvalue weighted by atomic mass is 32.1. The Morgan fingerprint density at radius 2 is 2.27 bits per heavy atom. The zero-order valence-corrected chi connectivity index (χ0v) is 8.68. The van der Waals surface area contributed by atoms with Gasteiger partial charge in [-0.1, -0.05) is 23.3 Å². The highest BCUT2D eigenvalue weighted by Crippen LogP contribution is 2.29. The largest absolute Gasteiger partial charge is 0.387 e. The lowest BCUT2D eigenvalue weighted by Crippen LogP contribution is -1.97. The van der Waals surface area contributed by atoms with E-state index in [0.29, 0.717) is 0 Å². The number of nitrogens with zero attached hydrogens (tertiary/aromatic N) is 3. The maximum atomic E-state index is 9.70. The first-order valence-corrected chi connectivity index (χ1v) is 5.30. The number of rotatable bonds is 3. The summed E-state index contributed by atoms with van der Waals surface area (Å²) in [5, 5.41) is 14.2. The quantitative estimate of drug-likeness (QED) is 0.480. The van der Waals surface area contributed by atoms with Crippen molar-refractivity contribution in [2.24, 2.45) is 5.11 Å². The van der Waals surface area contributed by atoms with Gasteiger partial charge in [0.15, 0.2) is 0 Å². The van der Waals surface area contributed by atoms with Crippen LogP contribution in [0.5, 0.6) is 0 Å². The molecule has 0 aliphatic rings. The minimum absolute atomic E-state index is 0.0866. The van der Waals surface area contributed by atoms with Crippen molar-refractivity contribution in [3.8, 4) is 0 Å². The molecule has 1 aromatic carbocycles. The van der Waals surface area contributed by atoms with Gasteiger partial charge in [-0.2, -0.15) is 0 Å². The molecule has 1 aromatic heterocycles. The summed E-state index contributed by atoms with van der Waals surface area (Å²) in [5.74, 6) is 0. The highest BCUT2D eigenvalue weighted by Gasteiger charge is 2.09. The van der Waals surface area contributed by atoms with Crippen LogP contribution in [0.3, 0.4) is 0 Å². The number of hydrogen-bond acceptors (Lipinski definition) is 3. The minimum Gasteiger partial charge on any atom is -0.387 e. The molecule has 1 N–H and O–H groups in total. The lowest BCUT2D eigenvalue weighted by Gasteiger charge is -2.01. The molecule has 0 radical (unpaired) electrons. The zero-order valence-electron chi connectivity index (χ0n) is 7.87. The average Bonchev–Trinajstić information content (AvgIpc) is 2.69. The predicted octanol–water partition coefficient (Wildman–Crippen LogP) is 3.25. The molecular formula is C10H9N3OS. The van der Waals surface area contributed by atoms with Gasteiger partial charge in [0.2, 0.25) is 0 Å². The maximum Gasteiger partial charge on any atom is 0.0938 e. The number of thiophene rings is 1. The summed E-state index contributed by atoms with van der Waals surface area (Å²) < 4.78 is 1.13. The third kappa shape index (κ3) is 2.10. The van der Waals surface area contributed by atoms with Crippen LogP contribution in [0.25, 0.3) is 20.5 Å². The van der Waals surface area contributed by atoms with E-state index in [1.165, 1.54) is 11.3 Å². The van der Waals surface area contributed by atoms with Gasteiger partial charge in [0, 0.05) is 14.5 Å². The molecule has 0 saturated heterocycles. The van der Waals surface area contributed by atoms with Crippen LogP contribution in [-0.4, -0.2) is 11.7 Å². The van der Waals surface area contributed by atoms with E-state index >= 15 is 0 Å². The lowest BCUT2D eigenvalue weighted by molar-refractivity contribution is 0.190. The molecule has 0 saturated carbocycles. The van der Waals surface area contributed by atoms with Crippen LogP contribution in [0, 0.1) is 0 Å². The first kappa shape index (κ1) is 9.98. The molecule has 0 fully saturated rings. The molecule has 2 aromatic rings. The van der Waals surface area contributed by atoms with Crippen molar-refractivity contribution < 1.29 is 5.11 Å². The number of hydrogen-bond donors (Lipinski definition) is 1. The first-order chi connectivity index (χ1) is 7.31. The summed E-state index contributed by atoms with van der Waals surface area (Å²) in [6, 6.07) is 9.85. The molecule has 0 aliphatic heterocycles. The van der Waals surface area contributed by atoms with Gasteiger partial charge in [-0.3, -0.25) is 0 Å². The molecular weight excluding hydrogens is 210 g/mol. The van der Waals surface area contributed by atoms with E-state index < -0.39 is 6.10 Å². The van der Waals surface area contributed by atoms with Crippen LogP contribution in [0.1, 0.15) is 11.0 Å². The fraction of sp³-hybridized carbons (Fsp3) is 0.200. The van der Waals surface area contributed by atoms with E-state index in [9.17, 15) is 5.11 Å². The Morgan fingerprint density at radius 3 is 3.00 bits per heavy atom. The van der Waals surface area contributed by atoms with E-state index in [1.54, 1.807) is 0 Å². The van der Waals surface area contributed by atoms with Crippen LogP contribution in [-0.2, 0) is 0 Å². The number of fused-ring (bicyclic) bond motifs is 1. The molecule has 0 unspecified atom stereocenters. The van der Waals surface area contributed by atoms with Crippen molar-refractivity contribution in [3.05, 3.63) is 45.7 Å². The van der Waals surface area contributed by atoms with Crippen molar-refractivity contribution in [1.29, 1.82) is 0 Å². The fourth-order valence-electron chi connectivity index (χ4n) is 1.37. The molecule has 2 rings (SSSR count). The summed E-state index contributed by atoms with van der Waals surface area (Å²) >= 11 is 1.52. The highest BCUT2D eigenvalue weighted by molar-refractivity contribution is 7.19. The number of azide groups is 1. The van der Waals surface area contributed by atoms with Crippen LogP contribution in [0.4, 0.5) is 0 Å². The van der Waals surface area contributed by atoms with Gasteiger partial charge >= 0.3 is 0 Å². The van der Waals surface area contributed by atoms with Crippen LogP contribution in [0.2, 0.25) is 0 Å². The minimum atomic E-state index is -0.696. The molecule has 76 valence electrons. The van der Waals surface area contributed by atoms with Gasteiger partial charge in [-0.25, -0.2) is 0 Å². The van der Waals surface area contributed by atoms with E-state index in [4.69, 9.17) is 5.53 Å². The van der Waals surface area contributed by atoms with Crippen molar-refractivity contribution in [2.45, 2.75) is 6.10 Å². The Labute approximate surface area is 90.4 Å². The summed E-state index contributed by atoms with van der Waals surface area (Å²) in [7, 11) is 0. The van der Waals surface area contributed by atoms with E-state index in [-0.39, 0.29) is 6.54 Å². The fourth-order valence-corrected chi connectivity index (χ4v) is 2.41. The number of aliphatic hydroxyl groups excluding tert-OH is 1. The summed E-state index contributed by atoms with van der Waals surface area (Å²) in [6.45, 7) is 0.0866. The normalized spacial score (nSPS) is 12.3. The Balaban J connectivity index is 2.31. The molecule has 0 spiro atoms. The second kappa shape index (κ2) is 4.31. The predicted molar refractivity (Wildman–Crippen MR) is 60.8 cm³/mol. The van der Waals surface area contributed by atoms with Gasteiger partial charge in [-0.15, -0.1) is 11.3 Å². The van der Waals surface area contributed by atoms with E-state index in [1.807, 2.05) is 30.3 Å². The third-order valence-corrected chi connectivity index (χ3v) is 3.31. The third-order valence-electron chi connectivity index (χ3n) is 2.09. The Morgan fingerprint density at radius 1 is 1.47 bits per heavy atom. The lowest BCUT2D eigenvalue weighted by atomic mass is 10.2. The van der Waals surface area contributed by atoms with Crippen LogP contribution < -0.4 is 0 Å². The van der Waals surface area contributed by atoms with Gasteiger partial charge in [0.05, 0.1) is 12.6 Å². The monoisotopic (exact) mass is 219 g/mol. The molecule has 4 nitrogen and oxygen atoms in total. The van der Waals surface area contributed by atoms with Crippen LogP contribution >= 0.6 is 11.3 Å². The van der Waals surface area contributed by atoms with Crippen molar-refractivity contribution >= 4 is 21.4 Å². The smallest absolute Gasteiger partial charge is 0.0938 e. The second-order valence-electron chi connectivity index (χ2n) is 3.12. The average molecular weight is 219 g/mol. The first-order valence-electron chi connectivity index (χ1n) is 4.48. The van der Waals surface area contributed by atoms with Crippen molar-refractivity contribution in [3.63, 3.8) is 0 Å². The zero-order chi connectivity index (χ0) is 10.7. The molecule has 0 amide bonds.